The van der Waals surface area contributed by atoms with E-state index in [2.05, 4.69) is 246 Å². The van der Waals surface area contributed by atoms with E-state index in [1.807, 2.05) is 0 Å². The molecule has 0 bridgehead atoms. The third kappa shape index (κ3) is 5.74. The third-order valence-electron chi connectivity index (χ3n) is 14.6. The van der Waals surface area contributed by atoms with Crippen molar-refractivity contribution in [3.05, 3.63) is 247 Å². The summed E-state index contributed by atoms with van der Waals surface area (Å²) >= 11 is 0. The monoisotopic (exact) mass is 857 g/mol. The number of nitrogens with one attached hydrogen (secondary N) is 1. The molecule has 0 amide bonds. The van der Waals surface area contributed by atoms with Crippen molar-refractivity contribution in [2.75, 3.05) is 4.90 Å². The van der Waals surface area contributed by atoms with Gasteiger partial charge < -0.3 is 14.8 Å². The maximum absolute atomic E-state index is 5.43. The maximum Gasteiger partial charge on any atom is 0.160 e. The van der Waals surface area contributed by atoms with Gasteiger partial charge in [-0.2, -0.15) is 0 Å². The summed E-state index contributed by atoms with van der Waals surface area (Å²) in [5, 5.41) is 15.9. The van der Waals surface area contributed by atoms with Gasteiger partial charge in [0.2, 0.25) is 0 Å². The molecule has 1 aliphatic carbocycles. The Kier molecular flexibility index (Phi) is 8.17. The van der Waals surface area contributed by atoms with E-state index >= 15 is 0 Å². The Morgan fingerprint density at radius 2 is 1.22 bits per heavy atom. The number of aromatic nitrogens is 1. The van der Waals surface area contributed by atoms with Crippen molar-refractivity contribution >= 4 is 87.9 Å². The van der Waals surface area contributed by atoms with Crippen molar-refractivity contribution in [3.63, 3.8) is 0 Å². The van der Waals surface area contributed by atoms with E-state index in [1.54, 1.807) is 0 Å². The normalized spacial score (nSPS) is 18.7. The van der Waals surface area contributed by atoms with E-state index in [9.17, 15) is 0 Å². The third-order valence-corrected chi connectivity index (χ3v) is 14.6. The highest BCUT2D eigenvalue weighted by atomic mass is 15.2. The molecule has 0 saturated carbocycles. The Morgan fingerprint density at radius 3 is 2.07 bits per heavy atom. The van der Waals surface area contributed by atoms with Crippen molar-refractivity contribution in [1.82, 2.24) is 9.88 Å². The van der Waals surface area contributed by atoms with Gasteiger partial charge in [0.05, 0.1) is 16.6 Å². The molecule has 3 atom stereocenters. The maximum atomic E-state index is 5.43. The standard InChI is InChI=1S/C62H43N5/c1-62-33-14-13-28-54(62)58-48-25-10-7-16-39(48)29-32-55(58)67(62)46-30-31-51-52-35-41-19-5-6-20-42(41)37-56(52)66(57(51)38-46)45-23-15-22-44(34-45)60-63-59(40-17-3-2-4-18-40)64-61(65-60)53-36-43-21-8-9-24-47(43)49-26-11-12-27-50(49)53/h2-38,54,59H,1H3,(H,63,64,65). The molecule has 5 heteroatoms. The first-order chi connectivity index (χ1) is 33.1. The Bertz CT molecular complexity index is 4000. The van der Waals surface area contributed by atoms with Crippen molar-refractivity contribution in [2.45, 2.75) is 24.5 Å². The fourth-order valence-electron chi connectivity index (χ4n) is 11.5. The number of hydrogen-bond acceptors (Lipinski definition) is 4. The van der Waals surface area contributed by atoms with Gasteiger partial charge in [-0.05, 0) is 110 Å². The summed E-state index contributed by atoms with van der Waals surface area (Å²) in [7, 11) is 0. The lowest BCUT2D eigenvalue weighted by Gasteiger charge is -2.39. The molecular weight excluding hydrogens is 815 g/mol. The Hall–Kier alpha value is -8.54. The largest absolute Gasteiger partial charge is 0.344 e. The van der Waals surface area contributed by atoms with Crippen LogP contribution in [0.1, 0.15) is 41.3 Å². The highest BCUT2D eigenvalue weighted by Gasteiger charge is 2.47. The average Bonchev–Trinajstić information content (AvgIpc) is 3.85. The van der Waals surface area contributed by atoms with Crippen LogP contribution < -0.4 is 10.2 Å². The first-order valence-electron chi connectivity index (χ1n) is 23.2. The predicted octanol–water partition coefficient (Wildman–Crippen LogP) is 15.0. The van der Waals surface area contributed by atoms with E-state index in [-0.39, 0.29) is 17.6 Å². The highest BCUT2D eigenvalue weighted by Crippen LogP contribution is 2.56. The fraction of sp³-hybridized carbons (Fsp3) is 0.0645. The van der Waals surface area contributed by atoms with Crippen LogP contribution in [0.3, 0.4) is 0 Å². The predicted molar refractivity (Wildman–Crippen MR) is 281 cm³/mol. The number of anilines is 2. The number of rotatable bonds is 5. The number of benzene rings is 10. The van der Waals surface area contributed by atoms with Gasteiger partial charge in [0, 0.05) is 44.9 Å². The first-order valence-corrected chi connectivity index (χ1v) is 23.2. The highest BCUT2D eigenvalue weighted by molar-refractivity contribution is 6.22. The van der Waals surface area contributed by atoms with Crippen LogP contribution in [0.5, 0.6) is 0 Å². The van der Waals surface area contributed by atoms with Gasteiger partial charge in [-0.25, -0.2) is 9.98 Å². The summed E-state index contributed by atoms with van der Waals surface area (Å²) in [4.78, 5) is 13.4. The summed E-state index contributed by atoms with van der Waals surface area (Å²) in [6.07, 6.45) is 8.87. The van der Waals surface area contributed by atoms with E-state index < -0.39 is 0 Å². The minimum atomic E-state index is -0.339. The van der Waals surface area contributed by atoms with E-state index in [1.165, 1.54) is 54.3 Å². The van der Waals surface area contributed by atoms with Gasteiger partial charge in [-0.1, -0.05) is 176 Å². The average molecular weight is 858 g/mol. The minimum absolute atomic E-state index is 0.201. The molecule has 0 fully saturated rings. The lowest BCUT2D eigenvalue weighted by Crippen LogP contribution is -2.41. The lowest BCUT2D eigenvalue weighted by molar-refractivity contribution is 0.543. The molecule has 11 aromatic rings. The number of aliphatic imine (C=N–C) groups is 2. The van der Waals surface area contributed by atoms with Crippen LogP contribution in [0.2, 0.25) is 0 Å². The molecule has 3 unspecified atom stereocenters. The van der Waals surface area contributed by atoms with Crippen molar-refractivity contribution < 1.29 is 0 Å². The minimum Gasteiger partial charge on any atom is -0.344 e. The van der Waals surface area contributed by atoms with Gasteiger partial charge in [-0.3, -0.25) is 0 Å². The van der Waals surface area contributed by atoms with Gasteiger partial charge in [0.15, 0.2) is 5.84 Å². The number of hydrogen-bond donors (Lipinski definition) is 1. The summed E-state index contributed by atoms with van der Waals surface area (Å²) in [5.41, 5.74) is 9.94. The topological polar surface area (TPSA) is 44.9 Å². The van der Waals surface area contributed by atoms with Crippen LogP contribution in [0.4, 0.5) is 11.4 Å². The molecule has 0 saturated heterocycles. The van der Waals surface area contributed by atoms with E-state index in [0.29, 0.717) is 5.84 Å². The molecule has 5 nitrogen and oxygen atoms in total. The second kappa shape index (κ2) is 14.5. The molecule has 0 spiro atoms. The smallest absolute Gasteiger partial charge is 0.160 e. The number of nitrogens with zero attached hydrogens (tertiary/aromatic N) is 4. The molecule has 14 rings (SSSR count). The number of fused-ring (bicyclic) bond motifs is 12. The summed E-state index contributed by atoms with van der Waals surface area (Å²) in [5.74, 6) is 1.69. The van der Waals surface area contributed by atoms with Crippen LogP contribution >= 0.6 is 0 Å². The van der Waals surface area contributed by atoms with Gasteiger partial charge in [0.25, 0.3) is 0 Å². The van der Waals surface area contributed by atoms with Gasteiger partial charge >= 0.3 is 0 Å². The second-order valence-electron chi connectivity index (χ2n) is 18.4. The summed E-state index contributed by atoms with van der Waals surface area (Å²) in [6.45, 7) is 2.39. The molecule has 67 heavy (non-hydrogen) atoms. The summed E-state index contributed by atoms with van der Waals surface area (Å²) < 4.78 is 2.46. The van der Waals surface area contributed by atoms with Crippen LogP contribution in [0.15, 0.2) is 234 Å². The van der Waals surface area contributed by atoms with Gasteiger partial charge in [0.1, 0.15) is 12.0 Å². The molecule has 1 aromatic heterocycles. The van der Waals surface area contributed by atoms with Crippen molar-refractivity contribution in [1.29, 1.82) is 0 Å². The zero-order valence-electron chi connectivity index (χ0n) is 36.8. The van der Waals surface area contributed by atoms with E-state index in [4.69, 9.17) is 9.98 Å². The molecule has 3 aliphatic rings. The Balaban J connectivity index is 0.970. The SMILES string of the molecule is CC12C=CC=CC1c1c(ccc3ccccc13)N2c1ccc2c3cc4ccccc4cc3n(-c3cccc(C4=NC(c5cc6ccccc6c6ccccc56)=NC(c5ccccc5)N4)c3)c2c1. The van der Waals surface area contributed by atoms with Crippen LogP contribution in [0, 0.1) is 0 Å². The quantitative estimate of drug-likeness (QED) is 0.175. The number of allylic oxidation sites excluding steroid dienone is 2. The Morgan fingerprint density at radius 1 is 0.507 bits per heavy atom. The zero-order valence-corrected chi connectivity index (χ0v) is 36.8. The first kappa shape index (κ1) is 37.8. The molecule has 1 N–H and O–H groups in total. The molecule has 316 valence electrons. The Labute approximate surface area is 388 Å². The molecule has 0 radical (unpaired) electrons. The molecule has 2 aliphatic heterocycles. The van der Waals surface area contributed by atoms with Crippen molar-refractivity contribution in [2.24, 2.45) is 9.98 Å². The van der Waals surface area contributed by atoms with Gasteiger partial charge in [-0.15, -0.1) is 0 Å². The van der Waals surface area contributed by atoms with Crippen LogP contribution in [-0.4, -0.2) is 21.8 Å². The fourth-order valence-corrected chi connectivity index (χ4v) is 11.5. The summed E-state index contributed by atoms with van der Waals surface area (Å²) in [6, 6.07) is 72.8. The molecular formula is C62H43N5. The van der Waals surface area contributed by atoms with Crippen molar-refractivity contribution in [3.8, 4) is 5.69 Å². The molecule has 3 heterocycles. The molecule has 10 aromatic carbocycles. The number of amidine groups is 2. The lowest BCUT2D eigenvalue weighted by atomic mass is 9.79. The van der Waals surface area contributed by atoms with Crippen LogP contribution in [0.25, 0.3) is 70.6 Å². The second-order valence-corrected chi connectivity index (χ2v) is 18.4. The van der Waals surface area contributed by atoms with Crippen LogP contribution in [-0.2, 0) is 0 Å². The van der Waals surface area contributed by atoms with E-state index in [0.717, 1.165) is 55.7 Å². The zero-order chi connectivity index (χ0) is 44.2.